The van der Waals surface area contributed by atoms with Crippen LogP contribution in [0.2, 0.25) is 0 Å². The van der Waals surface area contributed by atoms with E-state index in [1.165, 1.54) is 0 Å². The molecule has 19 heavy (non-hydrogen) atoms. The number of para-hydroxylation sites is 1. The first kappa shape index (κ1) is 13.6. The fourth-order valence-corrected chi connectivity index (χ4v) is 1.83. The van der Waals surface area contributed by atoms with Crippen LogP contribution in [0.5, 0.6) is 11.6 Å². The van der Waals surface area contributed by atoms with Crippen molar-refractivity contribution in [3.8, 4) is 11.6 Å². The fraction of sp³-hybridized carbons (Fsp3) is 0.312. The summed E-state index contributed by atoms with van der Waals surface area (Å²) < 4.78 is 5.92. The summed E-state index contributed by atoms with van der Waals surface area (Å²) in [6.07, 6.45) is 2.88. The number of aryl methyl sites for hydroxylation is 1. The van der Waals surface area contributed by atoms with Crippen molar-refractivity contribution in [1.82, 2.24) is 10.3 Å². The highest BCUT2D eigenvalue weighted by atomic mass is 16.5. The molecule has 0 bridgehead atoms. The van der Waals surface area contributed by atoms with Crippen LogP contribution in [0, 0.1) is 6.92 Å². The van der Waals surface area contributed by atoms with Gasteiger partial charge in [-0.05, 0) is 37.6 Å². The van der Waals surface area contributed by atoms with Crippen molar-refractivity contribution in [2.24, 2.45) is 0 Å². The highest BCUT2D eigenvalue weighted by Crippen LogP contribution is 2.25. The van der Waals surface area contributed by atoms with Crippen molar-refractivity contribution >= 4 is 0 Å². The first-order valence-corrected chi connectivity index (χ1v) is 6.69. The van der Waals surface area contributed by atoms with Crippen LogP contribution in [0.3, 0.4) is 0 Å². The lowest BCUT2D eigenvalue weighted by Crippen LogP contribution is -2.14. The first-order valence-electron chi connectivity index (χ1n) is 6.69. The fourth-order valence-electron chi connectivity index (χ4n) is 1.83. The van der Waals surface area contributed by atoms with Gasteiger partial charge in [-0.2, -0.15) is 0 Å². The summed E-state index contributed by atoms with van der Waals surface area (Å²) in [7, 11) is 0. The second kappa shape index (κ2) is 6.90. The van der Waals surface area contributed by atoms with Crippen molar-refractivity contribution in [2.75, 3.05) is 6.54 Å². The van der Waals surface area contributed by atoms with E-state index in [0.29, 0.717) is 5.88 Å². The molecule has 0 aliphatic rings. The molecule has 3 nitrogen and oxygen atoms in total. The molecule has 0 amide bonds. The molecule has 0 aliphatic carbocycles. The zero-order chi connectivity index (χ0) is 13.5. The number of hydrogen-bond acceptors (Lipinski definition) is 3. The zero-order valence-electron chi connectivity index (χ0n) is 11.5. The molecular weight excluding hydrogens is 236 g/mol. The Bertz CT molecular complexity index is 526. The van der Waals surface area contributed by atoms with E-state index < -0.39 is 0 Å². The number of aromatic nitrogens is 1. The van der Waals surface area contributed by atoms with Crippen molar-refractivity contribution in [3.05, 3.63) is 53.7 Å². The van der Waals surface area contributed by atoms with Crippen LogP contribution in [0.15, 0.2) is 42.6 Å². The van der Waals surface area contributed by atoms with Gasteiger partial charge in [0.2, 0.25) is 5.88 Å². The largest absolute Gasteiger partial charge is 0.438 e. The lowest BCUT2D eigenvalue weighted by molar-refractivity contribution is 0.449. The van der Waals surface area contributed by atoms with Crippen LogP contribution >= 0.6 is 0 Å². The normalized spacial score (nSPS) is 10.4. The van der Waals surface area contributed by atoms with Crippen molar-refractivity contribution < 1.29 is 4.74 Å². The molecule has 0 unspecified atom stereocenters. The van der Waals surface area contributed by atoms with Crippen molar-refractivity contribution in [2.45, 2.75) is 26.8 Å². The average Bonchev–Trinajstić information content (AvgIpc) is 2.43. The number of pyridine rings is 1. The summed E-state index contributed by atoms with van der Waals surface area (Å²) in [6.45, 7) is 5.97. The van der Waals surface area contributed by atoms with Crippen molar-refractivity contribution in [1.29, 1.82) is 0 Å². The van der Waals surface area contributed by atoms with Gasteiger partial charge < -0.3 is 10.1 Å². The average molecular weight is 256 g/mol. The minimum Gasteiger partial charge on any atom is -0.438 e. The molecule has 0 aliphatic heterocycles. The molecule has 2 rings (SSSR count). The van der Waals surface area contributed by atoms with Crippen LogP contribution in [-0.2, 0) is 6.54 Å². The van der Waals surface area contributed by atoms with Gasteiger partial charge in [0.25, 0.3) is 0 Å². The Balaban J connectivity index is 2.13. The van der Waals surface area contributed by atoms with Crippen LogP contribution in [-0.4, -0.2) is 11.5 Å². The topological polar surface area (TPSA) is 34.2 Å². The first-order chi connectivity index (χ1) is 9.31. The van der Waals surface area contributed by atoms with Gasteiger partial charge in [0, 0.05) is 18.3 Å². The highest BCUT2D eigenvalue weighted by Gasteiger charge is 2.07. The Hall–Kier alpha value is -1.87. The van der Waals surface area contributed by atoms with E-state index in [2.05, 4.69) is 17.2 Å². The van der Waals surface area contributed by atoms with Crippen LogP contribution in [0.1, 0.15) is 24.5 Å². The minimum atomic E-state index is 0.681. The van der Waals surface area contributed by atoms with Gasteiger partial charge in [-0.3, -0.25) is 0 Å². The van der Waals surface area contributed by atoms with E-state index >= 15 is 0 Å². The predicted molar refractivity (Wildman–Crippen MR) is 77.5 cm³/mol. The molecule has 0 atom stereocenters. The highest BCUT2D eigenvalue weighted by molar-refractivity contribution is 5.37. The number of nitrogens with one attached hydrogen (secondary N) is 1. The Morgan fingerprint density at radius 2 is 2.00 bits per heavy atom. The Morgan fingerprint density at radius 3 is 2.79 bits per heavy atom. The van der Waals surface area contributed by atoms with Crippen LogP contribution in [0.4, 0.5) is 0 Å². The number of benzene rings is 1. The molecule has 1 aromatic carbocycles. The van der Waals surface area contributed by atoms with E-state index in [4.69, 9.17) is 4.74 Å². The third kappa shape index (κ3) is 3.80. The monoisotopic (exact) mass is 256 g/mol. The Labute approximate surface area is 114 Å². The van der Waals surface area contributed by atoms with Crippen LogP contribution in [0.25, 0.3) is 0 Å². The van der Waals surface area contributed by atoms with Gasteiger partial charge in [-0.1, -0.05) is 31.2 Å². The summed E-state index contributed by atoms with van der Waals surface area (Å²) in [5.41, 5.74) is 2.19. The maximum Gasteiger partial charge on any atom is 0.223 e. The Kier molecular flexibility index (Phi) is 4.93. The zero-order valence-corrected chi connectivity index (χ0v) is 11.5. The molecular formula is C16H20N2O. The summed E-state index contributed by atoms with van der Waals surface area (Å²) in [6, 6.07) is 12.0. The molecule has 0 saturated heterocycles. The maximum atomic E-state index is 5.92. The molecule has 0 radical (unpaired) electrons. The summed E-state index contributed by atoms with van der Waals surface area (Å²) in [5.74, 6) is 1.54. The van der Waals surface area contributed by atoms with Crippen molar-refractivity contribution in [3.63, 3.8) is 0 Å². The molecule has 1 aromatic heterocycles. The van der Waals surface area contributed by atoms with Gasteiger partial charge in [-0.15, -0.1) is 0 Å². The minimum absolute atomic E-state index is 0.681. The SMILES string of the molecule is CCCNCc1cccnc1Oc1ccccc1C. The van der Waals surface area contributed by atoms with Gasteiger partial charge in [0.1, 0.15) is 5.75 Å². The van der Waals surface area contributed by atoms with Gasteiger partial charge in [0.05, 0.1) is 0 Å². The second-order valence-electron chi connectivity index (χ2n) is 4.51. The molecule has 0 fully saturated rings. The molecule has 1 N–H and O–H groups in total. The lowest BCUT2D eigenvalue weighted by atomic mass is 10.2. The van der Waals surface area contributed by atoms with Crippen LogP contribution < -0.4 is 10.1 Å². The molecule has 0 saturated carbocycles. The quantitative estimate of drug-likeness (QED) is 0.800. The van der Waals surface area contributed by atoms with E-state index in [1.807, 2.05) is 43.3 Å². The molecule has 0 spiro atoms. The van der Waals surface area contributed by atoms with Gasteiger partial charge >= 0.3 is 0 Å². The maximum absolute atomic E-state index is 5.92. The summed E-state index contributed by atoms with van der Waals surface area (Å²) >= 11 is 0. The summed E-state index contributed by atoms with van der Waals surface area (Å²) in [4.78, 5) is 4.33. The number of rotatable bonds is 6. The van der Waals surface area contributed by atoms with E-state index in [0.717, 1.165) is 36.4 Å². The Morgan fingerprint density at radius 1 is 1.16 bits per heavy atom. The lowest BCUT2D eigenvalue weighted by Gasteiger charge is -2.11. The molecule has 100 valence electrons. The molecule has 1 heterocycles. The van der Waals surface area contributed by atoms with E-state index in [1.54, 1.807) is 6.20 Å². The molecule has 3 heteroatoms. The smallest absolute Gasteiger partial charge is 0.223 e. The standard InChI is InChI=1S/C16H20N2O/c1-3-10-17-12-14-8-6-11-18-16(14)19-15-9-5-4-7-13(15)2/h4-9,11,17H,3,10,12H2,1-2H3. The third-order valence-electron chi connectivity index (χ3n) is 2.89. The summed E-state index contributed by atoms with van der Waals surface area (Å²) in [5, 5.41) is 3.37. The van der Waals surface area contributed by atoms with E-state index in [9.17, 15) is 0 Å². The number of hydrogen-bond donors (Lipinski definition) is 1. The van der Waals surface area contributed by atoms with Gasteiger partial charge in [-0.25, -0.2) is 4.98 Å². The predicted octanol–water partition coefficient (Wildman–Crippen LogP) is 3.68. The molecule has 2 aromatic rings. The number of nitrogens with zero attached hydrogens (tertiary/aromatic N) is 1. The third-order valence-corrected chi connectivity index (χ3v) is 2.89. The van der Waals surface area contributed by atoms with Gasteiger partial charge in [0.15, 0.2) is 0 Å². The second-order valence-corrected chi connectivity index (χ2v) is 4.51. The number of ether oxygens (including phenoxy) is 1. The van der Waals surface area contributed by atoms with E-state index in [-0.39, 0.29) is 0 Å².